The number of aldehydes is 1. The van der Waals surface area contributed by atoms with Gasteiger partial charge in [-0.25, -0.2) is 0 Å². The van der Waals surface area contributed by atoms with Crippen molar-refractivity contribution in [2.24, 2.45) is 5.92 Å². The molecule has 0 saturated carbocycles. The zero-order valence-corrected chi connectivity index (χ0v) is 6.73. The normalized spacial score (nSPS) is 25.1. The lowest BCUT2D eigenvalue weighted by Crippen LogP contribution is -2.22. The highest BCUT2D eigenvalue weighted by molar-refractivity contribution is 5.72. The van der Waals surface area contributed by atoms with Crippen LogP contribution in [0.3, 0.4) is 0 Å². The van der Waals surface area contributed by atoms with Crippen LogP contribution in [0.5, 0.6) is 0 Å². The van der Waals surface area contributed by atoms with Crippen LogP contribution < -0.4 is 0 Å². The van der Waals surface area contributed by atoms with Gasteiger partial charge in [0, 0.05) is 13.0 Å². The van der Waals surface area contributed by atoms with E-state index in [-0.39, 0.29) is 24.6 Å². The van der Waals surface area contributed by atoms with Crippen LogP contribution >= 0.6 is 0 Å². The highest BCUT2D eigenvalue weighted by atomic mass is 16.5. The van der Waals surface area contributed by atoms with Crippen LogP contribution in [0.4, 0.5) is 0 Å². The summed E-state index contributed by atoms with van der Waals surface area (Å²) in [6.07, 6.45) is 1.81. The third-order valence-corrected chi connectivity index (χ3v) is 2.03. The van der Waals surface area contributed by atoms with Crippen LogP contribution in [-0.4, -0.2) is 30.1 Å². The predicted molar refractivity (Wildman–Crippen MR) is 40.4 cm³/mol. The largest absolute Gasteiger partial charge is 0.462 e. The summed E-state index contributed by atoms with van der Waals surface area (Å²) in [5, 5.41) is 8.59. The second kappa shape index (κ2) is 4.21. The lowest BCUT2D eigenvalue weighted by atomic mass is 9.98. The number of cyclic esters (lactones) is 1. The molecule has 1 fully saturated rings. The average Bonchev–Trinajstić information content (AvgIpc) is 2.47. The summed E-state index contributed by atoms with van der Waals surface area (Å²) in [5.74, 6) is -0.578. The molecule has 0 aromatic carbocycles. The minimum atomic E-state index is -0.332. The van der Waals surface area contributed by atoms with Gasteiger partial charge in [0.2, 0.25) is 0 Å². The van der Waals surface area contributed by atoms with E-state index in [1.54, 1.807) is 0 Å². The van der Waals surface area contributed by atoms with Crippen molar-refractivity contribution < 1.29 is 19.4 Å². The average molecular weight is 172 g/mol. The van der Waals surface area contributed by atoms with Crippen molar-refractivity contribution in [2.45, 2.75) is 25.4 Å². The Morgan fingerprint density at radius 2 is 2.50 bits per heavy atom. The van der Waals surface area contributed by atoms with Gasteiger partial charge in [0.05, 0.1) is 5.92 Å². The number of hydrogen-bond donors (Lipinski definition) is 1. The summed E-state index contributed by atoms with van der Waals surface area (Å²) >= 11 is 0. The lowest BCUT2D eigenvalue weighted by Gasteiger charge is -2.14. The minimum absolute atomic E-state index is 0.0442. The van der Waals surface area contributed by atoms with Gasteiger partial charge in [0.25, 0.3) is 0 Å². The topological polar surface area (TPSA) is 63.6 Å². The highest BCUT2D eigenvalue weighted by Gasteiger charge is 2.30. The first-order chi connectivity index (χ1) is 5.77. The van der Waals surface area contributed by atoms with E-state index in [4.69, 9.17) is 9.84 Å². The van der Waals surface area contributed by atoms with Crippen molar-refractivity contribution in [3.05, 3.63) is 0 Å². The van der Waals surface area contributed by atoms with E-state index < -0.39 is 0 Å². The van der Waals surface area contributed by atoms with E-state index in [1.807, 2.05) is 0 Å². The molecule has 2 atom stereocenters. The number of carbonyl (C=O) groups is 2. The third kappa shape index (κ3) is 2.04. The van der Waals surface area contributed by atoms with Crippen LogP contribution in [-0.2, 0) is 14.3 Å². The Bertz CT molecular complexity index is 178. The molecule has 1 aliphatic rings. The molecule has 0 aliphatic carbocycles. The summed E-state index contributed by atoms with van der Waals surface area (Å²) in [6.45, 7) is -0.0442. The number of carbonyl (C=O) groups excluding carboxylic acids is 2. The molecule has 1 N–H and O–H groups in total. The third-order valence-electron chi connectivity index (χ3n) is 2.03. The number of rotatable bonds is 4. The number of aliphatic hydroxyl groups is 1. The molecule has 1 aliphatic heterocycles. The molecule has 4 heteroatoms. The fraction of sp³-hybridized carbons (Fsp3) is 0.750. The molecule has 1 saturated heterocycles. The quantitative estimate of drug-likeness (QED) is 0.474. The second-order valence-electron chi connectivity index (χ2n) is 2.88. The SMILES string of the molecule is O=CC(CCO)C1CCC(=O)O1. The van der Waals surface area contributed by atoms with Gasteiger partial charge >= 0.3 is 5.97 Å². The molecule has 2 unspecified atom stereocenters. The molecule has 0 amide bonds. The Labute approximate surface area is 70.5 Å². The van der Waals surface area contributed by atoms with Gasteiger partial charge in [0.15, 0.2) is 0 Å². The van der Waals surface area contributed by atoms with Crippen LogP contribution in [0.1, 0.15) is 19.3 Å². The van der Waals surface area contributed by atoms with Gasteiger partial charge < -0.3 is 14.6 Å². The minimum Gasteiger partial charge on any atom is -0.462 e. The zero-order valence-electron chi connectivity index (χ0n) is 6.73. The van der Waals surface area contributed by atoms with E-state index in [2.05, 4.69) is 0 Å². The van der Waals surface area contributed by atoms with Crippen molar-refractivity contribution in [1.29, 1.82) is 0 Å². The van der Waals surface area contributed by atoms with Gasteiger partial charge in [0.1, 0.15) is 12.4 Å². The van der Waals surface area contributed by atoms with Crippen molar-refractivity contribution in [1.82, 2.24) is 0 Å². The molecule has 12 heavy (non-hydrogen) atoms. The van der Waals surface area contributed by atoms with Crippen molar-refractivity contribution in [3.8, 4) is 0 Å². The maximum absolute atomic E-state index is 10.7. The summed E-state index contributed by atoms with van der Waals surface area (Å²) in [7, 11) is 0. The highest BCUT2D eigenvalue weighted by Crippen LogP contribution is 2.22. The Morgan fingerprint density at radius 1 is 1.75 bits per heavy atom. The zero-order chi connectivity index (χ0) is 8.97. The summed E-state index contributed by atoms with van der Waals surface area (Å²) in [5.41, 5.74) is 0. The fourth-order valence-corrected chi connectivity index (χ4v) is 1.34. The second-order valence-corrected chi connectivity index (χ2v) is 2.88. The van der Waals surface area contributed by atoms with Crippen molar-refractivity contribution >= 4 is 12.3 Å². The van der Waals surface area contributed by atoms with E-state index >= 15 is 0 Å². The molecule has 0 bridgehead atoms. The maximum Gasteiger partial charge on any atom is 0.306 e. The summed E-state index contributed by atoms with van der Waals surface area (Å²) < 4.78 is 4.89. The number of hydrogen-bond acceptors (Lipinski definition) is 4. The molecule has 1 heterocycles. The van der Waals surface area contributed by atoms with Crippen LogP contribution in [0.25, 0.3) is 0 Å². The monoisotopic (exact) mass is 172 g/mol. The van der Waals surface area contributed by atoms with Crippen LogP contribution in [0, 0.1) is 5.92 Å². The standard InChI is InChI=1S/C8H12O4/c9-4-3-6(5-10)7-1-2-8(11)12-7/h5-7,9H,1-4H2. The molecule has 1 rings (SSSR count). The van der Waals surface area contributed by atoms with Gasteiger partial charge in [-0.15, -0.1) is 0 Å². The Kier molecular flexibility index (Phi) is 3.22. The molecular formula is C8H12O4. The van der Waals surface area contributed by atoms with Gasteiger partial charge in [-0.05, 0) is 12.8 Å². The first-order valence-corrected chi connectivity index (χ1v) is 4.03. The molecule has 0 radical (unpaired) electrons. The fourth-order valence-electron chi connectivity index (χ4n) is 1.34. The van der Waals surface area contributed by atoms with E-state index in [0.29, 0.717) is 19.3 Å². The Balaban J connectivity index is 2.43. The van der Waals surface area contributed by atoms with Crippen LogP contribution in [0.2, 0.25) is 0 Å². The number of esters is 1. The Morgan fingerprint density at radius 3 is 2.92 bits per heavy atom. The predicted octanol–water partition coefficient (Wildman–Crippen LogP) is -0.111. The summed E-state index contributed by atoms with van der Waals surface area (Å²) in [6, 6.07) is 0. The molecule has 0 aromatic heterocycles. The summed E-state index contributed by atoms with van der Waals surface area (Å²) in [4.78, 5) is 21.2. The molecule has 4 nitrogen and oxygen atoms in total. The smallest absolute Gasteiger partial charge is 0.306 e. The van der Waals surface area contributed by atoms with Gasteiger partial charge in [-0.3, -0.25) is 4.79 Å². The number of aliphatic hydroxyl groups excluding tert-OH is 1. The van der Waals surface area contributed by atoms with Crippen LogP contribution in [0.15, 0.2) is 0 Å². The number of ether oxygens (including phenoxy) is 1. The molecule has 0 spiro atoms. The van der Waals surface area contributed by atoms with E-state index in [0.717, 1.165) is 6.29 Å². The maximum atomic E-state index is 10.7. The Hall–Kier alpha value is -0.900. The molecular weight excluding hydrogens is 160 g/mol. The van der Waals surface area contributed by atoms with Crippen molar-refractivity contribution in [2.75, 3.05) is 6.61 Å². The van der Waals surface area contributed by atoms with E-state index in [9.17, 15) is 9.59 Å². The first-order valence-electron chi connectivity index (χ1n) is 4.03. The van der Waals surface area contributed by atoms with Gasteiger partial charge in [-0.1, -0.05) is 0 Å². The lowest BCUT2D eigenvalue weighted by molar-refractivity contribution is -0.144. The first kappa shape index (κ1) is 9.19. The van der Waals surface area contributed by atoms with E-state index in [1.165, 1.54) is 0 Å². The molecule has 0 aromatic rings. The van der Waals surface area contributed by atoms with Gasteiger partial charge in [-0.2, -0.15) is 0 Å². The van der Waals surface area contributed by atoms with Crippen molar-refractivity contribution in [3.63, 3.8) is 0 Å². The molecule has 68 valence electrons.